The van der Waals surface area contributed by atoms with E-state index in [0.717, 1.165) is 50.3 Å². The van der Waals surface area contributed by atoms with Gasteiger partial charge in [0.25, 0.3) is 0 Å². The van der Waals surface area contributed by atoms with Gasteiger partial charge in [0.05, 0.1) is 6.10 Å². The molecular formula is C16H21N3O2S. The molecule has 1 aromatic carbocycles. The van der Waals surface area contributed by atoms with Gasteiger partial charge >= 0.3 is 0 Å². The van der Waals surface area contributed by atoms with Crippen molar-refractivity contribution in [2.45, 2.75) is 31.8 Å². The van der Waals surface area contributed by atoms with Crippen molar-refractivity contribution in [2.24, 2.45) is 0 Å². The zero-order valence-corrected chi connectivity index (χ0v) is 13.3. The van der Waals surface area contributed by atoms with E-state index in [0.29, 0.717) is 11.5 Å². The maximum absolute atomic E-state index is 11.7. The third kappa shape index (κ3) is 3.75. The molecule has 0 aromatic heterocycles. The molecule has 2 fully saturated rings. The summed E-state index contributed by atoms with van der Waals surface area (Å²) in [5.74, 6) is 0.203. The summed E-state index contributed by atoms with van der Waals surface area (Å²) >= 11 is 5.29. The highest BCUT2D eigenvalue weighted by atomic mass is 32.1. The molecule has 2 aliphatic heterocycles. The number of carbonyl (C=O) groups excluding carboxylic acids is 1. The fraction of sp³-hybridized carbons (Fsp3) is 0.500. The largest absolute Gasteiger partial charge is 0.376 e. The molecule has 0 bridgehead atoms. The molecule has 22 heavy (non-hydrogen) atoms. The number of nitrogens with one attached hydrogen (secondary N) is 2. The van der Waals surface area contributed by atoms with Crippen LogP contribution in [-0.2, 0) is 9.53 Å². The fourth-order valence-corrected chi connectivity index (χ4v) is 3.03. The van der Waals surface area contributed by atoms with E-state index in [1.165, 1.54) is 0 Å². The highest BCUT2D eigenvalue weighted by Crippen LogP contribution is 2.23. The van der Waals surface area contributed by atoms with Gasteiger partial charge in [0.15, 0.2) is 5.11 Å². The quantitative estimate of drug-likeness (QED) is 0.834. The van der Waals surface area contributed by atoms with Gasteiger partial charge in [-0.15, -0.1) is 0 Å². The van der Waals surface area contributed by atoms with Crippen LogP contribution in [0.25, 0.3) is 0 Å². The number of ether oxygens (including phenoxy) is 1. The van der Waals surface area contributed by atoms with Crippen LogP contribution in [0.1, 0.15) is 25.7 Å². The standard InChI is InChI=1S/C16H21N3O2S/c20-15-4-1-9-19(15)13-7-5-12(6-8-13)18-16(22)17-11-14-3-2-10-21-14/h5-8,14H,1-4,9-11H2,(H2,17,18,22)/t14-/m1/s1. The Morgan fingerprint density at radius 1 is 1.32 bits per heavy atom. The molecule has 2 heterocycles. The molecule has 0 aliphatic carbocycles. The third-order valence-corrected chi connectivity index (χ3v) is 4.27. The minimum Gasteiger partial charge on any atom is -0.376 e. The number of hydrogen-bond acceptors (Lipinski definition) is 3. The SMILES string of the molecule is O=C1CCCN1c1ccc(NC(=S)NC[C@H]2CCCO2)cc1. The molecule has 0 spiro atoms. The molecule has 3 rings (SSSR count). The first-order valence-corrected chi connectivity index (χ1v) is 8.20. The molecule has 0 saturated carbocycles. The normalized spacial score (nSPS) is 21.2. The molecule has 2 saturated heterocycles. The van der Waals surface area contributed by atoms with Crippen LogP contribution in [0.5, 0.6) is 0 Å². The Hall–Kier alpha value is -1.66. The van der Waals surface area contributed by atoms with E-state index in [4.69, 9.17) is 17.0 Å². The summed E-state index contributed by atoms with van der Waals surface area (Å²) in [5, 5.41) is 6.93. The van der Waals surface area contributed by atoms with Gasteiger partial charge in [-0.2, -0.15) is 0 Å². The van der Waals surface area contributed by atoms with Crippen molar-refractivity contribution in [1.82, 2.24) is 5.32 Å². The van der Waals surface area contributed by atoms with Gasteiger partial charge in [-0.05, 0) is 55.7 Å². The Balaban J connectivity index is 1.49. The zero-order valence-electron chi connectivity index (χ0n) is 12.5. The fourth-order valence-electron chi connectivity index (χ4n) is 2.83. The summed E-state index contributed by atoms with van der Waals surface area (Å²) in [7, 11) is 0. The first-order valence-electron chi connectivity index (χ1n) is 7.79. The molecule has 1 atom stereocenters. The van der Waals surface area contributed by atoms with Crippen molar-refractivity contribution in [3.8, 4) is 0 Å². The molecule has 2 aliphatic rings. The van der Waals surface area contributed by atoms with Crippen LogP contribution < -0.4 is 15.5 Å². The highest BCUT2D eigenvalue weighted by molar-refractivity contribution is 7.80. The summed E-state index contributed by atoms with van der Waals surface area (Å²) in [6, 6.07) is 7.80. The van der Waals surface area contributed by atoms with Gasteiger partial charge in [0, 0.05) is 37.5 Å². The van der Waals surface area contributed by atoms with Crippen molar-refractivity contribution >= 4 is 34.6 Å². The van der Waals surface area contributed by atoms with E-state index in [2.05, 4.69) is 10.6 Å². The van der Waals surface area contributed by atoms with Crippen LogP contribution >= 0.6 is 12.2 Å². The van der Waals surface area contributed by atoms with Gasteiger partial charge in [-0.3, -0.25) is 4.79 Å². The summed E-state index contributed by atoms with van der Waals surface area (Å²) in [6.45, 7) is 2.41. The molecule has 1 amide bonds. The summed E-state index contributed by atoms with van der Waals surface area (Å²) in [5.41, 5.74) is 1.87. The zero-order chi connectivity index (χ0) is 15.4. The molecule has 0 radical (unpaired) electrons. The van der Waals surface area contributed by atoms with Crippen molar-refractivity contribution in [3.63, 3.8) is 0 Å². The van der Waals surface area contributed by atoms with Crippen LogP contribution in [0, 0.1) is 0 Å². The number of rotatable bonds is 4. The minimum atomic E-state index is 0.203. The maximum Gasteiger partial charge on any atom is 0.227 e. The molecule has 118 valence electrons. The van der Waals surface area contributed by atoms with E-state index in [9.17, 15) is 4.79 Å². The maximum atomic E-state index is 11.7. The van der Waals surface area contributed by atoms with Crippen LogP contribution in [-0.4, -0.2) is 36.8 Å². The van der Waals surface area contributed by atoms with Gasteiger partial charge in [-0.25, -0.2) is 0 Å². The van der Waals surface area contributed by atoms with Crippen molar-refractivity contribution < 1.29 is 9.53 Å². The summed E-state index contributed by atoms with van der Waals surface area (Å²) < 4.78 is 5.55. The second kappa shape index (κ2) is 7.07. The second-order valence-corrected chi connectivity index (χ2v) is 6.07. The Morgan fingerprint density at radius 2 is 2.14 bits per heavy atom. The van der Waals surface area contributed by atoms with E-state index < -0.39 is 0 Å². The number of hydrogen-bond donors (Lipinski definition) is 2. The van der Waals surface area contributed by atoms with Crippen molar-refractivity contribution in [1.29, 1.82) is 0 Å². The molecular weight excluding hydrogens is 298 g/mol. The Morgan fingerprint density at radius 3 is 2.77 bits per heavy atom. The number of anilines is 2. The number of carbonyl (C=O) groups is 1. The smallest absolute Gasteiger partial charge is 0.227 e. The van der Waals surface area contributed by atoms with Gasteiger partial charge < -0.3 is 20.3 Å². The number of thiocarbonyl (C=S) groups is 1. The highest BCUT2D eigenvalue weighted by Gasteiger charge is 2.21. The average Bonchev–Trinajstić information content (AvgIpc) is 3.17. The monoisotopic (exact) mass is 319 g/mol. The van der Waals surface area contributed by atoms with Crippen LogP contribution in [0.3, 0.4) is 0 Å². The van der Waals surface area contributed by atoms with Crippen molar-refractivity contribution in [2.75, 3.05) is 29.9 Å². The van der Waals surface area contributed by atoms with E-state index in [1.807, 2.05) is 29.2 Å². The molecule has 2 N–H and O–H groups in total. The topological polar surface area (TPSA) is 53.6 Å². The van der Waals surface area contributed by atoms with Gasteiger partial charge in [-0.1, -0.05) is 0 Å². The number of nitrogens with zero attached hydrogens (tertiary/aromatic N) is 1. The van der Waals surface area contributed by atoms with Crippen LogP contribution in [0.15, 0.2) is 24.3 Å². The third-order valence-electron chi connectivity index (χ3n) is 4.02. The Bertz CT molecular complexity index is 541. The lowest BCUT2D eigenvalue weighted by Gasteiger charge is -2.17. The average molecular weight is 319 g/mol. The van der Waals surface area contributed by atoms with E-state index in [1.54, 1.807) is 0 Å². The predicted molar refractivity (Wildman–Crippen MR) is 91.2 cm³/mol. The lowest BCUT2D eigenvalue weighted by atomic mass is 10.2. The van der Waals surface area contributed by atoms with E-state index in [-0.39, 0.29) is 12.0 Å². The minimum absolute atomic E-state index is 0.203. The van der Waals surface area contributed by atoms with Crippen molar-refractivity contribution in [3.05, 3.63) is 24.3 Å². The summed E-state index contributed by atoms with van der Waals surface area (Å²) in [4.78, 5) is 13.5. The van der Waals surface area contributed by atoms with Crippen LogP contribution in [0.4, 0.5) is 11.4 Å². The summed E-state index contributed by atoms with van der Waals surface area (Å²) in [6.07, 6.45) is 4.08. The predicted octanol–water partition coefficient (Wildman–Crippen LogP) is 2.28. The Labute approximate surface area is 136 Å². The Kier molecular flexibility index (Phi) is 4.90. The van der Waals surface area contributed by atoms with Crippen LogP contribution in [0.2, 0.25) is 0 Å². The second-order valence-electron chi connectivity index (χ2n) is 5.67. The van der Waals surface area contributed by atoms with Gasteiger partial charge in [0.1, 0.15) is 0 Å². The molecule has 6 heteroatoms. The lowest BCUT2D eigenvalue weighted by Crippen LogP contribution is -2.34. The number of amides is 1. The lowest BCUT2D eigenvalue weighted by molar-refractivity contribution is -0.117. The molecule has 5 nitrogen and oxygen atoms in total. The van der Waals surface area contributed by atoms with E-state index >= 15 is 0 Å². The first kappa shape index (κ1) is 15.2. The molecule has 0 unspecified atom stereocenters. The van der Waals surface area contributed by atoms with Gasteiger partial charge in [0.2, 0.25) is 5.91 Å². The first-order chi connectivity index (χ1) is 10.7. The molecule has 1 aromatic rings. The number of benzene rings is 1.